The first-order valence-electron chi connectivity index (χ1n) is 18.2. The molecule has 0 aromatic rings. The number of carbonyl (C=O) groups excluding carboxylic acids is 2. The van der Waals surface area contributed by atoms with E-state index in [9.17, 15) is 70.2 Å². The molecule has 0 bridgehead atoms. The Morgan fingerprint density at radius 1 is 0.554 bits per heavy atom. The molecule has 5 rings (SSSR count). The van der Waals surface area contributed by atoms with Crippen LogP contribution in [0.2, 0.25) is 0 Å². The van der Waals surface area contributed by atoms with Crippen molar-refractivity contribution in [1.82, 2.24) is 0 Å². The first-order valence-corrected chi connectivity index (χ1v) is 18.2. The fourth-order valence-corrected chi connectivity index (χ4v) is 8.07. The van der Waals surface area contributed by atoms with E-state index in [1.54, 1.807) is 0 Å². The van der Waals surface area contributed by atoms with Gasteiger partial charge in [0.1, 0.15) is 87.1 Å². The van der Waals surface area contributed by atoms with Gasteiger partial charge in [-0.1, -0.05) is 0 Å². The molecule has 18 atom stereocenters. The molecule has 0 spiro atoms. The Morgan fingerprint density at radius 3 is 1.48 bits per heavy atom. The van der Waals surface area contributed by atoms with E-state index in [0.29, 0.717) is 0 Å². The molecule has 56 heavy (non-hydrogen) atoms. The minimum atomic E-state index is -1.92. The number of rotatable bonds is 13. The first-order chi connectivity index (χ1) is 26.3. The zero-order valence-corrected chi connectivity index (χ0v) is 29.8. The van der Waals surface area contributed by atoms with E-state index in [2.05, 4.69) is 0 Å². The summed E-state index contributed by atoms with van der Waals surface area (Å²) in [5.74, 6) is -6.66. The number of ether oxygens (including phenoxy) is 7. The second-order valence-corrected chi connectivity index (χ2v) is 15.0. The minimum absolute atomic E-state index is 0.0326. The summed E-state index contributed by atoms with van der Waals surface area (Å²) in [6, 6.07) is 0. The Balaban J connectivity index is 1.36. The fraction of sp³-hybridized carbons (Fsp3) is 0.879. The molecule has 320 valence electrons. The van der Waals surface area contributed by atoms with Crippen LogP contribution in [0, 0.1) is 11.8 Å². The van der Waals surface area contributed by atoms with Gasteiger partial charge in [-0.15, -0.1) is 0 Å². The maximum atomic E-state index is 11.9. The number of hydrogen-bond acceptors (Lipinski definition) is 20. The van der Waals surface area contributed by atoms with Gasteiger partial charge < -0.3 is 94.4 Å². The van der Waals surface area contributed by atoms with E-state index in [0.717, 1.165) is 0 Å². The lowest BCUT2D eigenvalue weighted by molar-refractivity contribution is -0.368. The molecule has 5 fully saturated rings. The normalized spacial score (nSPS) is 45.6. The quantitative estimate of drug-likeness (QED) is 0.0467. The Hall–Kier alpha value is -2.72. The van der Waals surface area contributed by atoms with Crippen molar-refractivity contribution in [2.75, 3.05) is 13.2 Å². The highest BCUT2D eigenvalue weighted by Crippen LogP contribution is 2.44. The van der Waals surface area contributed by atoms with Gasteiger partial charge in [0.15, 0.2) is 24.8 Å². The molecule has 13 N–H and O–H groups in total. The number of hydrogen-bond donors (Lipinski definition) is 12. The second-order valence-electron chi connectivity index (χ2n) is 15.0. The second kappa shape index (κ2) is 18.9. The summed E-state index contributed by atoms with van der Waals surface area (Å²) in [6.07, 6.45) is -28.8. The zero-order chi connectivity index (χ0) is 41.2. The van der Waals surface area contributed by atoms with Crippen molar-refractivity contribution in [3.63, 3.8) is 0 Å². The molecular formula is C33H51O23+. The fourth-order valence-electron chi connectivity index (χ4n) is 8.07. The summed E-state index contributed by atoms with van der Waals surface area (Å²) < 4.78 is 38.4. The third-order valence-electron chi connectivity index (χ3n) is 11.0. The molecule has 3 saturated heterocycles. The Bertz CT molecular complexity index is 1360. The van der Waals surface area contributed by atoms with E-state index in [1.165, 1.54) is 0 Å². The highest BCUT2D eigenvalue weighted by Gasteiger charge is 2.57. The smallest absolute Gasteiger partial charge is 0.317 e. The average Bonchev–Trinajstić information content (AvgIpc) is 3.12. The van der Waals surface area contributed by atoms with Crippen LogP contribution >= 0.6 is 0 Å². The number of carbonyl (C=O) groups is 4. The maximum absolute atomic E-state index is 11.9. The van der Waals surface area contributed by atoms with Crippen molar-refractivity contribution >= 4 is 23.9 Å². The third-order valence-corrected chi connectivity index (χ3v) is 11.0. The predicted molar refractivity (Wildman–Crippen MR) is 173 cm³/mol. The third kappa shape index (κ3) is 10.5. The Kier molecular flexibility index (Phi) is 15.0. The number of fused-ring (bicyclic) bond motifs is 1. The summed E-state index contributed by atoms with van der Waals surface area (Å²) in [5, 5.41) is 124. The van der Waals surface area contributed by atoms with E-state index in [-0.39, 0.29) is 32.1 Å². The number of aliphatic hydroxyl groups is 12. The lowest BCUT2D eigenvalue weighted by atomic mass is 9.72. The van der Waals surface area contributed by atoms with Crippen LogP contribution in [0.25, 0.3) is 0 Å². The van der Waals surface area contributed by atoms with Gasteiger partial charge in [-0.25, -0.2) is 0 Å². The highest BCUT2D eigenvalue weighted by atomic mass is 16.7. The van der Waals surface area contributed by atoms with Crippen molar-refractivity contribution in [2.45, 2.75) is 155 Å². The van der Waals surface area contributed by atoms with E-state index >= 15 is 0 Å². The first kappa shape index (κ1) is 44.4. The van der Waals surface area contributed by atoms with Gasteiger partial charge in [-0.3, -0.25) is 19.2 Å². The Labute approximate surface area is 317 Å². The van der Waals surface area contributed by atoms with Gasteiger partial charge in [-0.2, -0.15) is 0 Å². The van der Waals surface area contributed by atoms with Crippen molar-refractivity contribution in [2.24, 2.45) is 11.8 Å². The molecule has 0 radical (unpaired) electrons. The summed E-state index contributed by atoms with van der Waals surface area (Å²) in [7, 11) is 0. The van der Waals surface area contributed by atoms with Gasteiger partial charge >= 0.3 is 23.9 Å². The zero-order valence-electron chi connectivity index (χ0n) is 29.8. The molecule has 2 aliphatic carbocycles. The lowest BCUT2D eigenvalue weighted by Gasteiger charge is -2.50. The van der Waals surface area contributed by atoms with Gasteiger partial charge in [0.05, 0.1) is 30.3 Å². The molecule has 18 unspecified atom stereocenters. The van der Waals surface area contributed by atoms with Crippen molar-refractivity contribution in [1.29, 1.82) is 0 Å². The van der Waals surface area contributed by atoms with Gasteiger partial charge in [0.2, 0.25) is 0 Å². The molecule has 3 aliphatic heterocycles. The molecule has 5 aliphatic rings. The summed E-state index contributed by atoms with van der Waals surface area (Å²) in [4.78, 5) is 45.4. The van der Waals surface area contributed by atoms with Gasteiger partial charge in [0.25, 0.3) is 0 Å². The number of carboxylic acid groups (broad SMARTS) is 2. The number of aliphatic hydroxyl groups excluding tert-OH is 10. The summed E-state index contributed by atoms with van der Waals surface area (Å²) in [5.41, 5.74) is 0. The standard InChI is InChI=1S/C33H50O23/c34-11-3-15-12(16(4-11)53-32-29(48)27(46)25(44)18(55-32)8-50-22(41)6-20(37)38)5-17(31(52-15)10-1-13(35)24(43)14(36)2-10)54-33-30(49)28(47)26(45)19(56-33)9-51-23(42)7-21(39)40/h10-19,24-36,43-49H,1-9H2,(H,37,38)(H,39,40)/p+1. The van der Waals surface area contributed by atoms with Crippen LogP contribution in [0.3, 0.4) is 0 Å². The summed E-state index contributed by atoms with van der Waals surface area (Å²) in [6.45, 7) is -1.46. The van der Waals surface area contributed by atoms with E-state index in [4.69, 9.17) is 43.4 Å². The van der Waals surface area contributed by atoms with Crippen LogP contribution in [0.4, 0.5) is 0 Å². The topological polar surface area (TPSA) is 379 Å². The van der Waals surface area contributed by atoms with Gasteiger partial charge in [0, 0.05) is 18.8 Å². The van der Waals surface area contributed by atoms with E-state index < -0.39 is 172 Å². The average molecular weight is 816 g/mol. The number of aliphatic carboxylic acids is 2. The van der Waals surface area contributed by atoms with E-state index in [1.807, 2.05) is 0 Å². The van der Waals surface area contributed by atoms with Crippen molar-refractivity contribution in [3.05, 3.63) is 0 Å². The van der Waals surface area contributed by atoms with Crippen LogP contribution in [-0.2, 0) is 47.6 Å². The lowest BCUT2D eigenvalue weighted by Crippen LogP contribution is -2.64. The molecule has 2 saturated carbocycles. The van der Waals surface area contributed by atoms with Crippen LogP contribution in [0.15, 0.2) is 0 Å². The molecule has 0 aromatic heterocycles. The Morgan fingerprint density at radius 2 is 1.02 bits per heavy atom. The van der Waals surface area contributed by atoms with Crippen LogP contribution in [0.1, 0.15) is 44.9 Å². The predicted octanol–water partition coefficient (Wildman–Crippen LogP) is -6.66. The minimum Gasteiger partial charge on any atom is -0.481 e. The monoisotopic (exact) mass is 815 g/mol. The summed E-state index contributed by atoms with van der Waals surface area (Å²) >= 11 is 0. The van der Waals surface area contributed by atoms with Crippen LogP contribution in [-0.4, -0.2) is 213 Å². The van der Waals surface area contributed by atoms with Crippen molar-refractivity contribution in [3.8, 4) is 0 Å². The molecule has 0 amide bonds. The van der Waals surface area contributed by atoms with Gasteiger partial charge in [-0.05, 0) is 19.3 Å². The largest absolute Gasteiger partial charge is 0.481 e. The maximum Gasteiger partial charge on any atom is 0.317 e. The highest BCUT2D eigenvalue weighted by molar-refractivity contribution is 5.90. The molecule has 23 heteroatoms. The molecule has 3 heterocycles. The van der Waals surface area contributed by atoms with Crippen LogP contribution < -0.4 is 0 Å². The van der Waals surface area contributed by atoms with Crippen LogP contribution in [0.5, 0.6) is 0 Å². The molecule has 0 aromatic carbocycles. The van der Waals surface area contributed by atoms with Crippen molar-refractivity contribution < 1.29 is 114 Å². The number of esters is 2. The molecular weight excluding hydrogens is 764 g/mol. The SMILES string of the molecule is O=C(O)CC(=O)OCC1OC(OC2CC(O)CC3[OH+]C(C4CC(O)C(O)C(O)C4)C(OC4OC(COC(=O)CC(=O)O)C(O)C(O)C4O)CC23)C(O)C(O)C1O. The number of carboxylic acids is 2. The molecule has 23 nitrogen and oxygen atoms in total.